The Kier molecular flexibility index (Phi) is 7.99. The largest absolute Gasteiger partial charge is 0.457 e. The molecule has 1 aromatic rings. The summed E-state index contributed by atoms with van der Waals surface area (Å²) in [5.41, 5.74) is 1.88. The van der Waals surface area contributed by atoms with E-state index >= 15 is 0 Å². The number of benzene rings is 1. The molecule has 0 fully saturated rings. The number of allylic oxidation sites excluding steroid dienone is 3. The molecule has 25 heavy (non-hydrogen) atoms. The summed E-state index contributed by atoms with van der Waals surface area (Å²) in [6, 6.07) is 5.89. The van der Waals surface area contributed by atoms with Gasteiger partial charge in [-0.15, -0.1) is 11.8 Å². The molecule has 4 nitrogen and oxygen atoms in total. The lowest BCUT2D eigenvalue weighted by Crippen LogP contribution is -2.13. The van der Waals surface area contributed by atoms with Crippen LogP contribution in [0.4, 0.5) is 0 Å². The van der Waals surface area contributed by atoms with Crippen molar-refractivity contribution in [2.24, 2.45) is 11.1 Å². The Morgan fingerprint density at radius 2 is 2.04 bits per heavy atom. The van der Waals surface area contributed by atoms with Gasteiger partial charge >= 0.3 is 0 Å². The van der Waals surface area contributed by atoms with Crippen LogP contribution in [0.2, 0.25) is 0 Å². The molecule has 1 rings (SSSR count). The van der Waals surface area contributed by atoms with Crippen LogP contribution in [0, 0.1) is 12.8 Å². The molecule has 6 heteroatoms. The minimum atomic E-state index is -3.82. The molecule has 0 radical (unpaired) electrons. The van der Waals surface area contributed by atoms with Gasteiger partial charge < -0.3 is 4.74 Å². The third kappa shape index (κ3) is 6.72. The lowest BCUT2D eigenvalue weighted by molar-refractivity contribution is 0.424. The number of primary sulfonamides is 1. The fraction of sp³-hybridized carbons (Fsp3) is 0.368. The van der Waals surface area contributed by atoms with Crippen molar-refractivity contribution in [1.82, 2.24) is 0 Å². The van der Waals surface area contributed by atoms with Crippen molar-refractivity contribution in [3.8, 4) is 5.75 Å². The van der Waals surface area contributed by atoms with E-state index in [4.69, 9.17) is 9.88 Å². The van der Waals surface area contributed by atoms with Crippen molar-refractivity contribution in [1.29, 1.82) is 0 Å². The molecule has 138 valence electrons. The molecule has 0 saturated heterocycles. The maximum atomic E-state index is 11.5. The maximum absolute atomic E-state index is 11.5. The number of ether oxygens (including phenoxy) is 1. The topological polar surface area (TPSA) is 69.4 Å². The van der Waals surface area contributed by atoms with Crippen LogP contribution in [0.25, 0.3) is 0 Å². The van der Waals surface area contributed by atoms with E-state index in [-0.39, 0.29) is 4.91 Å². The molecule has 0 saturated carbocycles. The van der Waals surface area contributed by atoms with Crippen LogP contribution < -0.4 is 9.88 Å². The lowest BCUT2D eigenvalue weighted by atomic mass is 10.0. The van der Waals surface area contributed by atoms with Gasteiger partial charge in [-0.3, -0.25) is 0 Å². The van der Waals surface area contributed by atoms with Gasteiger partial charge in [0.25, 0.3) is 0 Å². The van der Waals surface area contributed by atoms with Crippen molar-refractivity contribution in [2.75, 3.05) is 6.26 Å². The molecule has 0 amide bonds. The first-order valence-electron chi connectivity index (χ1n) is 8.00. The average Bonchev–Trinajstić information content (AvgIpc) is 2.50. The molecule has 0 aromatic heterocycles. The molecular weight excluding hydrogens is 354 g/mol. The predicted molar refractivity (Wildman–Crippen MR) is 107 cm³/mol. The van der Waals surface area contributed by atoms with E-state index in [1.54, 1.807) is 11.8 Å². The van der Waals surface area contributed by atoms with Gasteiger partial charge in [0.05, 0.1) is 4.91 Å². The fourth-order valence-electron chi connectivity index (χ4n) is 2.30. The van der Waals surface area contributed by atoms with E-state index in [0.29, 0.717) is 23.8 Å². The van der Waals surface area contributed by atoms with Crippen LogP contribution in [0.1, 0.15) is 32.8 Å². The summed E-state index contributed by atoms with van der Waals surface area (Å²) in [4.78, 5) is 1.06. The third-order valence-electron chi connectivity index (χ3n) is 3.50. The van der Waals surface area contributed by atoms with Gasteiger partial charge in [-0.1, -0.05) is 20.4 Å². The maximum Gasteiger partial charge on any atom is 0.237 e. The summed E-state index contributed by atoms with van der Waals surface area (Å²) in [5.74, 6) is 1.63. The quantitative estimate of drug-likeness (QED) is 0.400. The summed E-state index contributed by atoms with van der Waals surface area (Å²) in [6.07, 6.45) is 5.99. The molecule has 1 aromatic carbocycles. The summed E-state index contributed by atoms with van der Waals surface area (Å²) < 4.78 is 29.0. The third-order valence-corrected chi connectivity index (χ3v) is 5.25. The number of nitrogens with two attached hydrogens (primary N) is 1. The molecule has 0 heterocycles. The van der Waals surface area contributed by atoms with E-state index in [1.807, 2.05) is 44.4 Å². The highest BCUT2D eigenvalue weighted by molar-refractivity contribution is 7.98. The highest BCUT2D eigenvalue weighted by Gasteiger charge is 2.14. The Morgan fingerprint density at radius 3 is 2.48 bits per heavy atom. The average molecular weight is 382 g/mol. The van der Waals surface area contributed by atoms with E-state index < -0.39 is 10.0 Å². The molecule has 0 bridgehead atoms. The number of thioether (sulfide) groups is 1. The number of hydrogen-bond donors (Lipinski definition) is 1. The second kappa shape index (κ2) is 9.27. The predicted octanol–water partition coefficient (Wildman–Crippen LogP) is 4.77. The number of rotatable bonds is 8. The molecular formula is C19H27NO3S2. The SMILES string of the molecule is C=C(C=C(CC(C)C)C(=CC)Oc1ccc(SC)c(C)c1)S(N)(=O)=O. The van der Waals surface area contributed by atoms with Crippen molar-refractivity contribution in [3.63, 3.8) is 0 Å². The van der Waals surface area contributed by atoms with Crippen LogP contribution >= 0.6 is 11.8 Å². The van der Waals surface area contributed by atoms with Gasteiger partial charge in [0, 0.05) is 4.90 Å². The number of hydrogen-bond acceptors (Lipinski definition) is 4. The summed E-state index contributed by atoms with van der Waals surface area (Å²) in [6.45, 7) is 11.5. The zero-order valence-corrected chi connectivity index (χ0v) is 17.1. The van der Waals surface area contributed by atoms with Crippen LogP contribution in [0.15, 0.2) is 58.1 Å². The summed E-state index contributed by atoms with van der Waals surface area (Å²) in [5, 5.41) is 5.17. The van der Waals surface area contributed by atoms with Crippen molar-refractivity contribution < 1.29 is 13.2 Å². The van der Waals surface area contributed by atoms with E-state index in [0.717, 1.165) is 11.1 Å². The second-order valence-electron chi connectivity index (χ2n) is 6.17. The van der Waals surface area contributed by atoms with Crippen LogP contribution in [0.3, 0.4) is 0 Å². The van der Waals surface area contributed by atoms with Crippen molar-refractivity contribution in [2.45, 2.75) is 39.0 Å². The lowest BCUT2D eigenvalue weighted by Gasteiger charge is -2.17. The van der Waals surface area contributed by atoms with Crippen molar-refractivity contribution in [3.05, 3.63) is 58.7 Å². The monoisotopic (exact) mass is 381 g/mol. The Balaban J connectivity index is 3.20. The van der Waals surface area contributed by atoms with E-state index in [9.17, 15) is 8.42 Å². The van der Waals surface area contributed by atoms with Gasteiger partial charge in [-0.05, 0) is 73.9 Å². The first-order valence-corrected chi connectivity index (χ1v) is 10.8. The Labute approximate surface area is 155 Å². The van der Waals surface area contributed by atoms with Crippen LogP contribution in [0.5, 0.6) is 5.75 Å². The normalized spacial score (nSPS) is 13.2. The molecule has 0 spiro atoms. The Morgan fingerprint density at radius 1 is 1.40 bits per heavy atom. The van der Waals surface area contributed by atoms with Gasteiger partial charge in [0.15, 0.2) is 0 Å². The van der Waals surface area contributed by atoms with Crippen LogP contribution in [-0.2, 0) is 10.0 Å². The number of aryl methyl sites for hydroxylation is 1. The minimum Gasteiger partial charge on any atom is -0.457 e. The van der Waals surface area contributed by atoms with Crippen LogP contribution in [-0.4, -0.2) is 14.7 Å². The second-order valence-corrected chi connectivity index (χ2v) is 8.63. The van der Waals surface area contributed by atoms with Crippen molar-refractivity contribution >= 4 is 21.8 Å². The zero-order chi connectivity index (χ0) is 19.2. The van der Waals surface area contributed by atoms with Gasteiger partial charge in [-0.25, -0.2) is 13.6 Å². The fourth-order valence-corrected chi connectivity index (χ4v) is 3.19. The van der Waals surface area contributed by atoms with Gasteiger partial charge in [-0.2, -0.15) is 0 Å². The summed E-state index contributed by atoms with van der Waals surface area (Å²) >= 11 is 1.68. The smallest absolute Gasteiger partial charge is 0.237 e. The highest BCUT2D eigenvalue weighted by atomic mass is 32.2. The highest BCUT2D eigenvalue weighted by Crippen LogP contribution is 2.28. The molecule has 0 aliphatic carbocycles. The molecule has 0 unspecified atom stereocenters. The molecule has 2 N–H and O–H groups in total. The molecule has 0 aliphatic heterocycles. The first kappa shape index (κ1) is 21.5. The molecule has 0 atom stereocenters. The minimum absolute atomic E-state index is 0.125. The zero-order valence-electron chi connectivity index (χ0n) is 15.5. The van der Waals surface area contributed by atoms with E-state index in [2.05, 4.69) is 20.4 Å². The first-order chi connectivity index (χ1) is 11.6. The molecule has 0 aliphatic rings. The summed E-state index contributed by atoms with van der Waals surface area (Å²) in [7, 11) is -3.82. The van der Waals surface area contributed by atoms with Gasteiger partial charge in [0.2, 0.25) is 10.0 Å². The number of sulfonamides is 1. The standard InChI is InChI=1S/C19H27NO3S2/c1-7-18(23-17-8-9-19(24-6)14(4)11-17)16(10-13(2)3)12-15(5)25(20,21)22/h7-9,11-13H,5,10H2,1-4,6H3,(H2,20,21,22). The van der Waals surface area contributed by atoms with E-state index in [1.165, 1.54) is 11.0 Å². The Bertz CT molecular complexity index is 791. The Hall–Kier alpha value is -1.50. The van der Waals surface area contributed by atoms with Gasteiger partial charge in [0.1, 0.15) is 11.5 Å².